The predicted molar refractivity (Wildman–Crippen MR) is 83.3 cm³/mol. The fourth-order valence-electron chi connectivity index (χ4n) is 2.03. The second-order valence-electron chi connectivity index (χ2n) is 4.63. The van der Waals surface area contributed by atoms with Crippen LogP contribution in [0.5, 0.6) is 0 Å². The molecule has 110 valence electrons. The first-order chi connectivity index (χ1) is 9.38. The number of thioether (sulfide) groups is 1. The Morgan fingerprint density at radius 1 is 1.45 bits per heavy atom. The van der Waals surface area contributed by atoms with Crippen molar-refractivity contribution in [3.8, 4) is 6.07 Å². The topological polar surface area (TPSA) is 61.2 Å². The molecule has 0 heterocycles. The molecule has 0 aliphatic heterocycles. The summed E-state index contributed by atoms with van der Waals surface area (Å²) in [5, 5.41) is 8.85. The third-order valence-corrected chi connectivity index (χ3v) is 6.09. The molecule has 0 radical (unpaired) electrons. The number of hydrogen-bond donors (Lipinski definition) is 0. The molecule has 4 nitrogen and oxygen atoms in total. The minimum absolute atomic E-state index is 0.0231. The molecule has 0 saturated carbocycles. The fourth-order valence-corrected chi connectivity index (χ4v) is 4.60. The van der Waals surface area contributed by atoms with Crippen LogP contribution in [0.15, 0.2) is 23.1 Å². The first-order valence-electron chi connectivity index (χ1n) is 6.36. The van der Waals surface area contributed by atoms with Crippen LogP contribution in [0.1, 0.15) is 24.5 Å². The summed E-state index contributed by atoms with van der Waals surface area (Å²) in [5.74, 6) is 0.765. The Labute approximate surface area is 125 Å². The molecule has 1 aromatic carbocycles. The molecular weight excluding hydrogens is 292 g/mol. The highest BCUT2D eigenvalue weighted by Gasteiger charge is 2.28. The van der Waals surface area contributed by atoms with E-state index < -0.39 is 10.0 Å². The number of hydrogen-bond acceptors (Lipinski definition) is 4. The summed E-state index contributed by atoms with van der Waals surface area (Å²) in [5.41, 5.74) is 1.08. The van der Waals surface area contributed by atoms with Crippen molar-refractivity contribution in [2.45, 2.75) is 31.2 Å². The molecule has 0 amide bonds. The van der Waals surface area contributed by atoms with E-state index in [1.807, 2.05) is 19.2 Å². The zero-order valence-electron chi connectivity index (χ0n) is 12.3. The Morgan fingerprint density at radius 2 is 2.10 bits per heavy atom. The van der Waals surface area contributed by atoms with Crippen molar-refractivity contribution in [2.24, 2.45) is 0 Å². The maximum Gasteiger partial charge on any atom is 0.243 e. The van der Waals surface area contributed by atoms with E-state index in [9.17, 15) is 8.42 Å². The number of nitriles is 1. The number of benzene rings is 1. The van der Waals surface area contributed by atoms with E-state index in [0.29, 0.717) is 11.1 Å². The SMILES string of the molecule is CCC(CSC)N(C)S(=O)(=O)c1ccc(C#N)cc1C. The van der Waals surface area contributed by atoms with Gasteiger partial charge in [-0.25, -0.2) is 8.42 Å². The molecule has 0 saturated heterocycles. The van der Waals surface area contributed by atoms with Crippen LogP contribution < -0.4 is 0 Å². The van der Waals surface area contributed by atoms with Gasteiger partial charge in [0.1, 0.15) is 0 Å². The third-order valence-electron chi connectivity index (χ3n) is 3.31. The normalized spacial score (nSPS) is 13.2. The largest absolute Gasteiger partial charge is 0.243 e. The van der Waals surface area contributed by atoms with Crippen LogP contribution in [0.4, 0.5) is 0 Å². The first-order valence-corrected chi connectivity index (χ1v) is 9.19. The molecule has 20 heavy (non-hydrogen) atoms. The van der Waals surface area contributed by atoms with Crippen molar-refractivity contribution in [3.05, 3.63) is 29.3 Å². The second kappa shape index (κ2) is 7.11. The van der Waals surface area contributed by atoms with Crippen LogP contribution in [-0.2, 0) is 10.0 Å². The van der Waals surface area contributed by atoms with Gasteiger partial charge in [-0.3, -0.25) is 0 Å². The van der Waals surface area contributed by atoms with Gasteiger partial charge in [-0.15, -0.1) is 0 Å². The lowest BCUT2D eigenvalue weighted by Gasteiger charge is -2.26. The van der Waals surface area contributed by atoms with E-state index in [0.717, 1.165) is 12.2 Å². The molecule has 1 unspecified atom stereocenters. The van der Waals surface area contributed by atoms with Crippen LogP contribution in [0.2, 0.25) is 0 Å². The molecule has 0 spiro atoms. The molecule has 1 aromatic rings. The maximum atomic E-state index is 12.7. The molecule has 0 aliphatic rings. The van der Waals surface area contributed by atoms with Crippen molar-refractivity contribution in [3.63, 3.8) is 0 Å². The summed E-state index contributed by atoms with van der Waals surface area (Å²) in [7, 11) is -1.90. The van der Waals surface area contributed by atoms with Crippen LogP contribution in [0, 0.1) is 18.3 Å². The number of rotatable bonds is 6. The molecular formula is C14H20N2O2S2. The monoisotopic (exact) mass is 312 g/mol. The van der Waals surface area contributed by atoms with E-state index in [-0.39, 0.29) is 10.9 Å². The summed E-state index contributed by atoms with van der Waals surface area (Å²) in [6.45, 7) is 3.70. The third kappa shape index (κ3) is 3.54. The van der Waals surface area contributed by atoms with Crippen LogP contribution >= 0.6 is 11.8 Å². The van der Waals surface area contributed by atoms with Crippen LogP contribution in [0.25, 0.3) is 0 Å². The quantitative estimate of drug-likeness (QED) is 0.810. The Morgan fingerprint density at radius 3 is 2.55 bits per heavy atom. The van der Waals surface area contributed by atoms with Crippen molar-refractivity contribution >= 4 is 21.8 Å². The zero-order chi connectivity index (χ0) is 15.3. The van der Waals surface area contributed by atoms with Gasteiger partial charge < -0.3 is 0 Å². The highest BCUT2D eigenvalue weighted by molar-refractivity contribution is 7.98. The fraction of sp³-hybridized carbons (Fsp3) is 0.500. The number of sulfonamides is 1. The Balaban J connectivity index is 3.19. The molecule has 1 atom stereocenters. The smallest absolute Gasteiger partial charge is 0.207 e. The van der Waals surface area contributed by atoms with E-state index in [1.54, 1.807) is 37.9 Å². The lowest BCUT2D eigenvalue weighted by atomic mass is 10.2. The predicted octanol–water partition coefficient (Wildman–Crippen LogP) is 2.63. The van der Waals surface area contributed by atoms with Gasteiger partial charge in [0, 0.05) is 18.8 Å². The van der Waals surface area contributed by atoms with Gasteiger partial charge in [0.05, 0.1) is 16.5 Å². The molecule has 1 rings (SSSR count). The van der Waals surface area contributed by atoms with Gasteiger partial charge >= 0.3 is 0 Å². The Bertz CT molecular complexity index is 606. The maximum absolute atomic E-state index is 12.7. The average molecular weight is 312 g/mol. The highest BCUT2D eigenvalue weighted by atomic mass is 32.2. The Kier molecular flexibility index (Phi) is 6.06. The van der Waals surface area contributed by atoms with Gasteiger partial charge in [0.2, 0.25) is 10.0 Å². The van der Waals surface area contributed by atoms with E-state index in [4.69, 9.17) is 5.26 Å². The minimum Gasteiger partial charge on any atom is -0.207 e. The minimum atomic E-state index is -3.52. The molecule has 6 heteroatoms. The zero-order valence-corrected chi connectivity index (χ0v) is 13.9. The van der Waals surface area contributed by atoms with Gasteiger partial charge in [-0.1, -0.05) is 6.92 Å². The molecule has 0 bridgehead atoms. The summed E-state index contributed by atoms with van der Waals surface area (Å²) in [4.78, 5) is 0.276. The van der Waals surface area contributed by atoms with E-state index >= 15 is 0 Å². The lowest BCUT2D eigenvalue weighted by molar-refractivity contribution is 0.385. The molecule has 0 aromatic heterocycles. The highest BCUT2D eigenvalue weighted by Crippen LogP contribution is 2.23. The van der Waals surface area contributed by atoms with E-state index in [2.05, 4.69) is 0 Å². The van der Waals surface area contributed by atoms with Crippen molar-refractivity contribution in [1.82, 2.24) is 4.31 Å². The van der Waals surface area contributed by atoms with Gasteiger partial charge in [-0.2, -0.15) is 21.3 Å². The summed E-state index contributed by atoms with van der Waals surface area (Å²) >= 11 is 1.64. The van der Waals surface area contributed by atoms with Gasteiger partial charge in [0.15, 0.2) is 0 Å². The summed E-state index contributed by atoms with van der Waals surface area (Å²) < 4.78 is 26.8. The summed E-state index contributed by atoms with van der Waals surface area (Å²) in [6, 6.07) is 6.67. The Hall–Kier alpha value is -1.03. The lowest BCUT2D eigenvalue weighted by Crippen LogP contribution is -2.38. The first kappa shape index (κ1) is 17.0. The van der Waals surface area contributed by atoms with Crippen molar-refractivity contribution in [2.75, 3.05) is 19.1 Å². The molecule has 0 aliphatic carbocycles. The summed E-state index contributed by atoms with van der Waals surface area (Å²) in [6.07, 6.45) is 2.74. The second-order valence-corrected chi connectivity index (χ2v) is 7.51. The van der Waals surface area contributed by atoms with Crippen molar-refractivity contribution in [1.29, 1.82) is 5.26 Å². The molecule has 0 fully saturated rings. The van der Waals surface area contributed by atoms with Crippen LogP contribution in [-0.4, -0.2) is 37.8 Å². The van der Waals surface area contributed by atoms with E-state index in [1.165, 1.54) is 10.4 Å². The number of aryl methyl sites for hydroxylation is 1. The standard InChI is InChI=1S/C14H20N2O2S2/c1-5-13(10-19-4)16(3)20(17,18)14-7-6-12(9-15)8-11(14)2/h6-8,13H,5,10H2,1-4H3. The van der Waals surface area contributed by atoms with Crippen molar-refractivity contribution < 1.29 is 8.42 Å². The average Bonchev–Trinajstić information content (AvgIpc) is 2.43. The molecule has 0 N–H and O–H groups in total. The number of nitrogens with zero attached hydrogens (tertiary/aromatic N) is 2. The van der Waals surface area contributed by atoms with Gasteiger partial charge in [0.25, 0.3) is 0 Å². The van der Waals surface area contributed by atoms with Gasteiger partial charge in [-0.05, 0) is 43.4 Å². The van der Waals surface area contributed by atoms with Crippen LogP contribution in [0.3, 0.4) is 0 Å².